The van der Waals surface area contributed by atoms with Gasteiger partial charge in [0, 0.05) is 20.0 Å². The number of rotatable bonds is 23. The maximum Gasteiger partial charge on any atom is 0.221 e. The molecule has 0 aromatic carbocycles. The standard InChI is InChI=1S/C26H55NO2.ClH/c1-4-6-8-10-12-14-16-18-20-22-24-27(26(3,28)29)25-23-21-19-17-15-13-11-9-7-5-2;/h28-29H,4-25H2,1-3H3;1H. The van der Waals surface area contributed by atoms with E-state index in [-0.39, 0.29) is 12.4 Å². The Morgan fingerprint density at radius 2 is 0.700 bits per heavy atom. The Kier molecular flexibility index (Phi) is 25.7. The summed E-state index contributed by atoms with van der Waals surface area (Å²) in [5, 5.41) is 20.1. The molecule has 0 unspecified atom stereocenters. The zero-order chi connectivity index (χ0) is 21.6. The van der Waals surface area contributed by atoms with Crippen molar-refractivity contribution in [1.82, 2.24) is 4.90 Å². The van der Waals surface area contributed by atoms with Crippen LogP contribution >= 0.6 is 12.4 Å². The SMILES string of the molecule is CCCCCCCCCCCCN(CCCCCCCCCCCC)C(C)(O)O.Cl. The van der Waals surface area contributed by atoms with E-state index < -0.39 is 5.91 Å². The van der Waals surface area contributed by atoms with Crippen LogP contribution in [0.2, 0.25) is 0 Å². The smallest absolute Gasteiger partial charge is 0.221 e. The second-order valence-corrected chi connectivity index (χ2v) is 9.32. The van der Waals surface area contributed by atoms with E-state index in [2.05, 4.69) is 13.8 Å². The summed E-state index contributed by atoms with van der Waals surface area (Å²) in [4.78, 5) is 1.86. The first kappa shape index (κ1) is 32.4. The lowest BCUT2D eigenvalue weighted by Gasteiger charge is -2.32. The third kappa shape index (κ3) is 22.8. The second kappa shape index (κ2) is 23.8. The maximum atomic E-state index is 10.0. The van der Waals surface area contributed by atoms with Gasteiger partial charge in [-0.25, -0.2) is 0 Å². The molecule has 0 amide bonds. The molecular formula is C26H56ClNO2. The highest BCUT2D eigenvalue weighted by Crippen LogP contribution is 2.15. The van der Waals surface area contributed by atoms with Gasteiger partial charge in [-0.2, -0.15) is 0 Å². The second-order valence-electron chi connectivity index (χ2n) is 9.32. The molecule has 0 saturated heterocycles. The normalized spacial score (nSPS) is 11.8. The van der Waals surface area contributed by atoms with Crippen molar-refractivity contribution in [1.29, 1.82) is 0 Å². The van der Waals surface area contributed by atoms with Crippen LogP contribution in [-0.4, -0.2) is 34.1 Å². The van der Waals surface area contributed by atoms with E-state index in [1.807, 2.05) is 4.90 Å². The van der Waals surface area contributed by atoms with Gasteiger partial charge in [0.05, 0.1) is 0 Å². The Morgan fingerprint density at radius 3 is 0.933 bits per heavy atom. The van der Waals surface area contributed by atoms with Crippen LogP contribution in [0.5, 0.6) is 0 Å². The molecule has 0 saturated carbocycles. The van der Waals surface area contributed by atoms with Crippen LogP contribution in [0.1, 0.15) is 149 Å². The monoisotopic (exact) mass is 449 g/mol. The van der Waals surface area contributed by atoms with Crippen LogP contribution < -0.4 is 0 Å². The highest BCUT2D eigenvalue weighted by atomic mass is 35.5. The van der Waals surface area contributed by atoms with Crippen LogP contribution in [0.3, 0.4) is 0 Å². The molecule has 30 heavy (non-hydrogen) atoms. The number of aliphatic hydroxyl groups is 2. The zero-order valence-electron chi connectivity index (χ0n) is 20.8. The summed E-state index contributed by atoms with van der Waals surface area (Å²) in [6.45, 7) is 7.65. The summed E-state index contributed by atoms with van der Waals surface area (Å²) < 4.78 is 0. The van der Waals surface area contributed by atoms with Gasteiger partial charge in [-0.1, -0.05) is 129 Å². The van der Waals surface area contributed by atoms with Crippen molar-refractivity contribution in [3.8, 4) is 0 Å². The fourth-order valence-corrected chi connectivity index (χ4v) is 4.12. The van der Waals surface area contributed by atoms with Crippen molar-refractivity contribution in [2.24, 2.45) is 0 Å². The molecule has 2 N–H and O–H groups in total. The van der Waals surface area contributed by atoms with Gasteiger partial charge in [-0.3, -0.25) is 4.90 Å². The van der Waals surface area contributed by atoms with E-state index in [9.17, 15) is 10.2 Å². The predicted octanol–water partition coefficient (Wildman–Crippen LogP) is 8.21. The largest absolute Gasteiger partial charge is 0.353 e. The molecule has 0 radical (unpaired) electrons. The number of hydrogen-bond donors (Lipinski definition) is 2. The van der Waals surface area contributed by atoms with Crippen molar-refractivity contribution in [3.05, 3.63) is 0 Å². The van der Waals surface area contributed by atoms with Gasteiger partial charge in [-0.05, 0) is 12.8 Å². The Bertz CT molecular complexity index is 297. The van der Waals surface area contributed by atoms with Crippen LogP contribution in [0.25, 0.3) is 0 Å². The van der Waals surface area contributed by atoms with Crippen molar-refractivity contribution < 1.29 is 10.2 Å². The molecule has 0 aromatic rings. The average Bonchev–Trinajstić information content (AvgIpc) is 2.68. The number of hydrogen-bond acceptors (Lipinski definition) is 3. The molecule has 3 nitrogen and oxygen atoms in total. The summed E-state index contributed by atoms with van der Waals surface area (Å²) in [6.07, 6.45) is 26.3. The lowest BCUT2D eigenvalue weighted by Crippen LogP contribution is -2.47. The third-order valence-corrected chi connectivity index (χ3v) is 6.16. The summed E-state index contributed by atoms with van der Waals surface area (Å²) in [6, 6.07) is 0. The average molecular weight is 450 g/mol. The van der Waals surface area contributed by atoms with E-state index in [1.165, 1.54) is 122 Å². The Labute approximate surface area is 195 Å². The minimum Gasteiger partial charge on any atom is -0.353 e. The van der Waals surface area contributed by atoms with Crippen LogP contribution in [0.15, 0.2) is 0 Å². The van der Waals surface area contributed by atoms with Gasteiger partial charge in [0.25, 0.3) is 0 Å². The molecule has 0 rings (SSSR count). The van der Waals surface area contributed by atoms with E-state index >= 15 is 0 Å². The van der Waals surface area contributed by atoms with Crippen molar-refractivity contribution in [2.75, 3.05) is 13.1 Å². The highest BCUT2D eigenvalue weighted by molar-refractivity contribution is 5.85. The molecule has 0 aliphatic heterocycles. The van der Waals surface area contributed by atoms with Gasteiger partial charge >= 0.3 is 0 Å². The van der Waals surface area contributed by atoms with E-state index in [0.717, 1.165) is 25.9 Å². The fraction of sp³-hybridized carbons (Fsp3) is 1.00. The summed E-state index contributed by atoms with van der Waals surface area (Å²) in [5.74, 6) is -1.67. The van der Waals surface area contributed by atoms with Crippen molar-refractivity contribution in [3.63, 3.8) is 0 Å². The van der Waals surface area contributed by atoms with Crippen molar-refractivity contribution in [2.45, 2.75) is 155 Å². The van der Waals surface area contributed by atoms with E-state index in [4.69, 9.17) is 0 Å². The quantitative estimate of drug-likeness (QED) is 0.122. The van der Waals surface area contributed by atoms with Gasteiger partial charge in [0.2, 0.25) is 5.91 Å². The highest BCUT2D eigenvalue weighted by Gasteiger charge is 2.24. The molecular weight excluding hydrogens is 394 g/mol. The van der Waals surface area contributed by atoms with Crippen LogP contribution in [0.4, 0.5) is 0 Å². The van der Waals surface area contributed by atoms with Gasteiger partial charge in [-0.15, -0.1) is 12.4 Å². The van der Waals surface area contributed by atoms with E-state index in [0.29, 0.717) is 0 Å². The van der Waals surface area contributed by atoms with Gasteiger partial charge in [0.1, 0.15) is 0 Å². The first-order chi connectivity index (χ1) is 14.0. The minimum absolute atomic E-state index is 0. The van der Waals surface area contributed by atoms with Gasteiger partial charge in [0.15, 0.2) is 0 Å². The third-order valence-electron chi connectivity index (χ3n) is 6.16. The molecule has 0 bridgehead atoms. The number of halogens is 1. The minimum atomic E-state index is -1.67. The Morgan fingerprint density at radius 1 is 0.467 bits per heavy atom. The fourth-order valence-electron chi connectivity index (χ4n) is 4.12. The van der Waals surface area contributed by atoms with E-state index in [1.54, 1.807) is 0 Å². The van der Waals surface area contributed by atoms with Crippen LogP contribution in [-0.2, 0) is 0 Å². The first-order valence-electron chi connectivity index (χ1n) is 13.2. The summed E-state index contributed by atoms with van der Waals surface area (Å²) in [7, 11) is 0. The predicted molar refractivity (Wildman–Crippen MR) is 135 cm³/mol. The van der Waals surface area contributed by atoms with Crippen LogP contribution in [0, 0.1) is 0 Å². The lowest BCUT2D eigenvalue weighted by atomic mass is 10.1. The van der Waals surface area contributed by atoms with Gasteiger partial charge < -0.3 is 10.2 Å². The Balaban J connectivity index is 0. The maximum absolute atomic E-state index is 10.0. The first-order valence-corrected chi connectivity index (χ1v) is 13.2. The topological polar surface area (TPSA) is 43.7 Å². The molecule has 0 heterocycles. The molecule has 0 atom stereocenters. The number of unbranched alkanes of at least 4 members (excludes halogenated alkanes) is 18. The summed E-state index contributed by atoms with van der Waals surface area (Å²) >= 11 is 0. The molecule has 0 fully saturated rings. The Hall–Kier alpha value is 0.170. The van der Waals surface area contributed by atoms with Crippen molar-refractivity contribution >= 4 is 12.4 Å². The lowest BCUT2D eigenvalue weighted by molar-refractivity contribution is -0.250. The summed E-state index contributed by atoms with van der Waals surface area (Å²) in [5.41, 5.74) is 0. The molecule has 4 heteroatoms. The molecule has 0 aliphatic carbocycles. The molecule has 0 aromatic heterocycles. The molecule has 0 aliphatic rings. The molecule has 0 spiro atoms. The number of nitrogens with zero attached hydrogens (tertiary/aromatic N) is 1. The zero-order valence-corrected chi connectivity index (χ0v) is 21.6. The molecule has 184 valence electrons.